The summed E-state index contributed by atoms with van der Waals surface area (Å²) in [7, 11) is 0. The van der Waals surface area contributed by atoms with Gasteiger partial charge in [-0.05, 0) is 12.5 Å². The molecule has 2 aliphatic heterocycles. The van der Waals surface area contributed by atoms with Gasteiger partial charge in [0.1, 0.15) is 12.8 Å². The van der Waals surface area contributed by atoms with Crippen LogP contribution in [0.15, 0.2) is 0 Å². The number of hydrogen-bond donors (Lipinski definition) is 1. The Morgan fingerprint density at radius 1 is 1.62 bits per heavy atom. The van der Waals surface area contributed by atoms with Crippen molar-refractivity contribution in [2.45, 2.75) is 37.3 Å². The van der Waals surface area contributed by atoms with Crippen molar-refractivity contribution in [3.63, 3.8) is 0 Å². The van der Waals surface area contributed by atoms with Crippen molar-refractivity contribution in [2.24, 2.45) is 0 Å². The number of hydrogen-bond acceptors (Lipinski definition) is 3. The van der Waals surface area contributed by atoms with Crippen molar-refractivity contribution >= 4 is 0 Å². The number of ether oxygens (including phenoxy) is 2. The minimum absolute atomic E-state index is 0. The van der Waals surface area contributed by atoms with Crippen LogP contribution in [0, 0.1) is 37.7 Å². The summed E-state index contributed by atoms with van der Waals surface area (Å²) < 4.78 is 22.9. The predicted molar refractivity (Wildman–Crippen MR) is 39.0 cm³/mol. The first kappa shape index (κ1) is 11.9. The predicted octanol–water partition coefficient (Wildman–Crippen LogP) is 0.425. The number of aliphatic hydroxyl groups excluding tert-OH is 1. The van der Waals surface area contributed by atoms with Gasteiger partial charge in [0.15, 0.2) is 0 Å². The molecule has 74 valence electrons. The van der Waals surface area contributed by atoms with Crippen molar-refractivity contribution < 1.29 is 50.1 Å². The molecule has 2 saturated heterocycles. The van der Waals surface area contributed by atoms with Crippen molar-refractivity contribution in [1.29, 1.82) is 0 Å². The second-order valence-corrected chi connectivity index (χ2v) is 3.25. The van der Waals surface area contributed by atoms with Crippen LogP contribution in [-0.2, 0) is 9.47 Å². The molecule has 0 spiro atoms. The Kier molecular flexibility index (Phi) is 3.82. The molecular weight excluding hydrogens is 401 g/mol. The van der Waals surface area contributed by atoms with Gasteiger partial charge >= 0.3 is 0 Å². The molecule has 13 heavy (non-hydrogen) atoms. The molecule has 0 radical (unpaired) electrons. The van der Waals surface area contributed by atoms with Gasteiger partial charge in [0.2, 0.25) is 0 Å². The number of halogens is 1. The average Bonchev–Trinajstić information content (AvgIpc) is 2.57. The minimum Gasteiger partial charge on any atom is -0.541 e. The minimum atomic E-state index is -0.820. The Hall–Kier alpha value is 0.862. The molecule has 2 bridgehead atoms. The Morgan fingerprint density at radius 2 is 2.31 bits per heavy atom. The molecular formula is C8H12FO3U-. The van der Waals surface area contributed by atoms with Crippen LogP contribution < -0.4 is 0 Å². The van der Waals surface area contributed by atoms with E-state index in [-0.39, 0.29) is 31.1 Å². The van der Waals surface area contributed by atoms with Crippen LogP contribution in [0.25, 0.3) is 0 Å². The summed E-state index contributed by atoms with van der Waals surface area (Å²) >= 11 is 0. The fourth-order valence-corrected chi connectivity index (χ4v) is 1.98. The van der Waals surface area contributed by atoms with E-state index in [0.717, 1.165) is 0 Å². The third kappa shape index (κ3) is 1.49. The topological polar surface area (TPSA) is 38.7 Å². The molecule has 1 unspecified atom stereocenters. The first-order valence-electron chi connectivity index (χ1n) is 4.15. The molecule has 3 nitrogen and oxygen atoms in total. The summed E-state index contributed by atoms with van der Waals surface area (Å²) in [6.07, 6.45) is -1.18. The van der Waals surface area contributed by atoms with Crippen LogP contribution in [-0.4, -0.2) is 35.7 Å². The molecule has 0 aromatic heterocycles. The van der Waals surface area contributed by atoms with E-state index >= 15 is 0 Å². The van der Waals surface area contributed by atoms with Gasteiger partial charge in [0, 0.05) is 31.1 Å². The van der Waals surface area contributed by atoms with Gasteiger partial charge in [0.25, 0.3) is 0 Å². The van der Waals surface area contributed by atoms with Gasteiger partial charge < -0.3 is 14.6 Å². The zero-order valence-electron chi connectivity index (χ0n) is 7.37. The number of aliphatic hydroxyl groups is 1. The van der Waals surface area contributed by atoms with Crippen LogP contribution in [0.4, 0.5) is 4.39 Å². The van der Waals surface area contributed by atoms with Crippen LogP contribution >= 0.6 is 0 Å². The van der Waals surface area contributed by atoms with Crippen molar-refractivity contribution in [3.05, 3.63) is 6.61 Å². The van der Waals surface area contributed by atoms with Gasteiger partial charge in [-0.25, -0.2) is 4.39 Å². The monoisotopic (exact) mass is 413 g/mol. The molecule has 2 heterocycles. The largest absolute Gasteiger partial charge is 0.541 e. The van der Waals surface area contributed by atoms with Crippen LogP contribution in [0.1, 0.15) is 13.3 Å². The molecule has 0 amide bonds. The second kappa shape index (κ2) is 4.16. The van der Waals surface area contributed by atoms with Crippen LogP contribution in [0.5, 0.6) is 0 Å². The summed E-state index contributed by atoms with van der Waals surface area (Å²) in [5.41, 5.74) is -0.820. The maximum atomic E-state index is 12.4. The molecule has 0 saturated carbocycles. The van der Waals surface area contributed by atoms with Gasteiger partial charge in [-0.2, -0.15) is 6.61 Å². The van der Waals surface area contributed by atoms with Crippen LogP contribution in [0.2, 0.25) is 0 Å². The van der Waals surface area contributed by atoms with Crippen LogP contribution in [0.3, 0.4) is 0 Å². The zero-order valence-corrected chi connectivity index (χ0v) is 11.5. The molecule has 1 N–H and O–H groups in total. The summed E-state index contributed by atoms with van der Waals surface area (Å²) in [5, 5.41) is 9.63. The van der Waals surface area contributed by atoms with Gasteiger partial charge in [-0.1, -0.05) is 6.92 Å². The standard InChI is InChI=1S/C8H12FO3.U/c1-2-8-6(3-9)12-5(4-11-8)7(8)10;/h4-7,10H,2-3H2,1H3;/q-1;/t5-,6?,7-,8-;/m0./s1. The summed E-state index contributed by atoms with van der Waals surface area (Å²) in [4.78, 5) is 0. The number of alkyl halides is 1. The zero-order chi connectivity index (χ0) is 8.77. The van der Waals surface area contributed by atoms with Gasteiger partial charge in [0.05, 0.1) is 11.7 Å². The quantitative estimate of drug-likeness (QED) is 0.668. The first-order chi connectivity index (χ1) is 5.74. The van der Waals surface area contributed by atoms with Gasteiger partial charge in [-0.3, -0.25) is 0 Å². The summed E-state index contributed by atoms with van der Waals surface area (Å²) in [6.45, 7) is 2.71. The molecule has 0 aliphatic carbocycles. The second-order valence-electron chi connectivity index (χ2n) is 3.25. The first-order valence-corrected chi connectivity index (χ1v) is 4.15. The number of rotatable bonds is 2. The molecule has 2 fully saturated rings. The molecule has 5 heteroatoms. The molecule has 4 atom stereocenters. The van der Waals surface area contributed by atoms with E-state index in [1.54, 1.807) is 0 Å². The Balaban J connectivity index is 0.000000845. The van der Waals surface area contributed by atoms with Crippen molar-refractivity contribution in [1.82, 2.24) is 0 Å². The third-order valence-electron chi connectivity index (χ3n) is 2.79. The fraction of sp³-hybridized carbons (Fsp3) is 0.875. The fourth-order valence-electron chi connectivity index (χ4n) is 1.98. The van der Waals surface area contributed by atoms with E-state index in [1.165, 1.54) is 6.61 Å². The van der Waals surface area contributed by atoms with E-state index in [2.05, 4.69) is 0 Å². The maximum absolute atomic E-state index is 12.4. The molecule has 2 aliphatic rings. The Morgan fingerprint density at radius 3 is 2.69 bits per heavy atom. The third-order valence-corrected chi connectivity index (χ3v) is 2.79. The maximum Gasteiger partial charge on any atom is 0.118 e. The summed E-state index contributed by atoms with van der Waals surface area (Å²) in [6, 6.07) is 0. The normalized spacial score (nSPS) is 47.8. The summed E-state index contributed by atoms with van der Waals surface area (Å²) in [5.74, 6) is 0. The molecule has 0 aromatic rings. The smallest absolute Gasteiger partial charge is 0.118 e. The van der Waals surface area contributed by atoms with E-state index in [9.17, 15) is 9.50 Å². The van der Waals surface area contributed by atoms with E-state index < -0.39 is 30.6 Å². The molecule has 0 aromatic carbocycles. The van der Waals surface area contributed by atoms with Crippen molar-refractivity contribution in [3.8, 4) is 0 Å². The SMILES string of the molecule is CC[C@]12O[CH-][C@H](OC1CF)[C@@H]2O.[U]. The Labute approximate surface area is 100 Å². The van der Waals surface area contributed by atoms with E-state index in [1.807, 2.05) is 6.92 Å². The van der Waals surface area contributed by atoms with Gasteiger partial charge in [-0.15, -0.1) is 0 Å². The number of fused-ring (bicyclic) bond motifs is 2. The average molecular weight is 413 g/mol. The van der Waals surface area contributed by atoms with E-state index in [0.29, 0.717) is 6.42 Å². The molecule has 2 rings (SSSR count). The van der Waals surface area contributed by atoms with E-state index in [4.69, 9.17) is 9.47 Å². The van der Waals surface area contributed by atoms with Crippen molar-refractivity contribution in [2.75, 3.05) is 6.67 Å². The Bertz CT molecular complexity index is 192.